The molecule has 0 saturated carbocycles. The molecule has 0 N–H and O–H groups in total. The van der Waals surface area contributed by atoms with Crippen molar-refractivity contribution in [3.05, 3.63) is 29.8 Å². The lowest BCUT2D eigenvalue weighted by molar-refractivity contribution is -0.114. The molecule has 1 fully saturated rings. The minimum Gasteiger partial charge on any atom is -0.493 e. The molecule has 1 aliphatic heterocycles. The zero-order chi connectivity index (χ0) is 13.0. The van der Waals surface area contributed by atoms with Gasteiger partial charge in [-0.2, -0.15) is 5.26 Å². The number of ether oxygens (including phenoxy) is 2. The Balaban J connectivity index is 2.51. The Kier molecular flexibility index (Phi) is 3.63. The summed E-state index contributed by atoms with van der Waals surface area (Å²) in [5.41, 5.74) is -0.558. The summed E-state index contributed by atoms with van der Waals surface area (Å²) in [4.78, 5) is 11.2. The maximum Gasteiger partial charge on any atom is 0.192 e. The molecular weight excluding hydrogens is 230 g/mol. The third kappa shape index (κ3) is 1.87. The number of rotatable bonds is 4. The normalized spacial score (nSPS) is 26.6. The molecule has 4 heteroatoms. The van der Waals surface area contributed by atoms with E-state index >= 15 is 0 Å². The van der Waals surface area contributed by atoms with E-state index < -0.39 is 11.5 Å². The molecule has 0 amide bonds. The van der Waals surface area contributed by atoms with Gasteiger partial charge in [0.15, 0.2) is 5.60 Å². The summed E-state index contributed by atoms with van der Waals surface area (Å²) < 4.78 is 11.1. The highest BCUT2D eigenvalue weighted by Crippen LogP contribution is 2.43. The van der Waals surface area contributed by atoms with Crippen LogP contribution in [0.25, 0.3) is 0 Å². The van der Waals surface area contributed by atoms with Crippen LogP contribution in [0.4, 0.5) is 0 Å². The van der Waals surface area contributed by atoms with Crippen molar-refractivity contribution in [2.24, 2.45) is 5.92 Å². The van der Waals surface area contributed by atoms with Gasteiger partial charge in [0.1, 0.15) is 18.1 Å². The molecule has 1 saturated heterocycles. The van der Waals surface area contributed by atoms with Crippen molar-refractivity contribution in [3.63, 3.8) is 0 Å². The minimum absolute atomic E-state index is 0.414. The molecule has 4 nitrogen and oxygen atoms in total. The Morgan fingerprint density at radius 1 is 1.61 bits per heavy atom. The fourth-order valence-corrected chi connectivity index (χ4v) is 2.33. The van der Waals surface area contributed by atoms with Crippen LogP contribution < -0.4 is 4.74 Å². The molecule has 0 radical (unpaired) electrons. The van der Waals surface area contributed by atoms with Gasteiger partial charge in [0, 0.05) is 12.2 Å². The van der Waals surface area contributed by atoms with E-state index in [0.717, 1.165) is 6.29 Å². The van der Waals surface area contributed by atoms with Gasteiger partial charge in [-0.3, -0.25) is 0 Å². The average Bonchev–Trinajstić information content (AvgIpc) is 2.83. The van der Waals surface area contributed by atoms with Crippen molar-refractivity contribution < 1.29 is 14.3 Å². The first-order valence-corrected chi connectivity index (χ1v) is 6.01. The van der Waals surface area contributed by atoms with E-state index in [1.807, 2.05) is 19.1 Å². The molecule has 1 heterocycles. The Labute approximate surface area is 106 Å². The zero-order valence-corrected chi connectivity index (χ0v) is 10.3. The number of hydrogen-bond acceptors (Lipinski definition) is 4. The number of nitrogens with zero attached hydrogens (tertiary/aromatic N) is 1. The lowest BCUT2D eigenvalue weighted by atomic mass is 9.83. The van der Waals surface area contributed by atoms with Gasteiger partial charge in [0.2, 0.25) is 0 Å². The molecule has 0 aromatic heterocycles. The van der Waals surface area contributed by atoms with Crippen molar-refractivity contribution in [1.29, 1.82) is 5.26 Å². The molecule has 1 aromatic carbocycles. The van der Waals surface area contributed by atoms with Gasteiger partial charge in [0.25, 0.3) is 0 Å². The number of para-hydroxylation sites is 1. The summed E-state index contributed by atoms with van der Waals surface area (Å²) in [7, 11) is 0. The van der Waals surface area contributed by atoms with Gasteiger partial charge in [-0.15, -0.1) is 0 Å². The van der Waals surface area contributed by atoms with Crippen molar-refractivity contribution >= 4 is 6.29 Å². The first-order chi connectivity index (χ1) is 8.78. The molecule has 2 unspecified atom stereocenters. The summed E-state index contributed by atoms with van der Waals surface area (Å²) in [6.07, 6.45) is 1.37. The van der Waals surface area contributed by atoms with E-state index in [1.165, 1.54) is 0 Å². The van der Waals surface area contributed by atoms with Gasteiger partial charge < -0.3 is 14.3 Å². The molecule has 0 bridgehead atoms. The second kappa shape index (κ2) is 5.19. The summed E-state index contributed by atoms with van der Waals surface area (Å²) in [5, 5.41) is 9.47. The maximum atomic E-state index is 11.2. The number of hydrogen-bond donors (Lipinski definition) is 0. The summed E-state index contributed by atoms with van der Waals surface area (Å²) in [6, 6.07) is 9.40. The number of nitriles is 1. The number of carbonyl (C=O) groups is 1. The minimum atomic E-state index is -1.20. The van der Waals surface area contributed by atoms with Crippen LogP contribution in [0.2, 0.25) is 0 Å². The van der Waals surface area contributed by atoms with E-state index in [2.05, 4.69) is 6.07 Å². The van der Waals surface area contributed by atoms with Gasteiger partial charge in [-0.1, -0.05) is 18.2 Å². The van der Waals surface area contributed by atoms with Crippen molar-refractivity contribution in [1.82, 2.24) is 0 Å². The largest absolute Gasteiger partial charge is 0.493 e. The second-order valence-electron chi connectivity index (χ2n) is 4.16. The highest BCUT2D eigenvalue weighted by atomic mass is 16.5. The lowest BCUT2D eigenvalue weighted by Crippen LogP contribution is -2.32. The van der Waals surface area contributed by atoms with Crippen LogP contribution in [0.1, 0.15) is 18.9 Å². The highest BCUT2D eigenvalue weighted by molar-refractivity contribution is 5.61. The number of aldehydes is 1. The van der Waals surface area contributed by atoms with E-state index in [9.17, 15) is 10.1 Å². The van der Waals surface area contributed by atoms with E-state index in [0.29, 0.717) is 30.9 Å². The third-order valence-electron chi connectivity index (χ3n) is 3.20. The highest BCUT2D eigenvalue weighted by Gasteiger charge is 2.48. The Hall–Kier alpha value is -1.86. The molecule has 2 atom stereocenters. The second-order valence-corrected chi connectivity index (χ2v) is 4.16. The molecule has 0 spiro atoms. The van der Waals surface area contributed by atoms with E-state index in [-0.39, 0.29) is 0 Å². The first kappa shape index (κ1) is 12.6. The summed E-state index contributed by atoms with van der Waals surface area (Å²) >= 11 is 0. The lowest BCUT2D eigenvalue weighted by Gasteiger charge is -2.26. The average molecular weight is 245 g/mol. The smallest absolute Gasteiger partial charge is 0.192 e. The Morgan fingerprint density at radius 2 is 2.39 bits per heavy atom. The topological polar surface area (TPSA) is 59.3 Å². The van der Waals surface area contributed by atoms with Crippen LogP contribution in [0.15, 0.2) is 24.3 Å². The molecule has 1 aliphatic rings. The maximum absolute atomic E-state index is 11.2. The van der Waals surface area contributed by atoms with Crippen molar-refractivity contribution in [2.75, 3.05) is 13.2 Å². The van der Waals surface area contributed by atoms with Crippen LogP contribution in [-0.2, 0) is 15.1 Å². The summed E-state index contributed by atoms with van der Waals surface area (Å²) in [5.74, 6) is 0.166. The molecule has 0 aliphatic carbocycles. The third-order valence-corrected chi connectivity index (χ3v) is 3.20. The standard InChI is InChI=1S/C14H15NO3/c1-2-17-13-6-4-3-5-12(13)14(10-15)11(9-16)7-8-18-14/h3-6,9,11H,2,7-8H2,1H3. The van der Waals surface area contributed by atoms with Gasteiger partial charge in [-0.05, 0) is 19.4 Å². The van der Waals surface area contributed by atoms with Crippen LogP contribution in [0, 0.1) is 17.2 Å². The van der Waals surface area contributed by atoms with E-state index in [4.69, 9.17) is 9.47 Å². The predicted octanol–water partition coefficient (Wildman–Crippen LogP) is 2.04. The van der Waals surface area contributed by atoms with E-state index in [1.54, 1.807) is 12.1 Å². The van der Waals surface area contributed by atoms with Gasteiger partial charge in [0.05, 0.1) is 12.5 Å². The van der Waals surface area contributed by atoms with Crippen molar-refractivity contribution in [3.8, 4) is 11.8 Å². The molecule has 1 aromatic rings. The van der Waals surface area contributed by atoms with Crippen LogP contribution in [-0.4, -0.2) is 19.5 Å². The summed E-state index contributed by atoms with van der Waals surface area (Å²) in [6.45, 7) is 2.80. The van der Waals surface area contributed by atoms with Crippen LogP contribution in [0.5, 0.6) is 5.75 Å². The van der Waals surface area contributed by atoms with Crippen molar-refractivity contribution in [2.45, 2.75) is 18.9 Å². The van der Waals surface area contributed by atoms with Crippen LogP contribution in [0.3, 0.4) is 0 Å². The molecule has 18 heavy (non-hydrogen) atoms. The van der Waals surface area contributed by atoms with Crippen LogP contribution >= 0.6 is 0 Å². The Bertz CT molecular complexity index is 480. The Morgan fingerprint density at radius 3 is 3.06 bits per heavy atom. The molecular formula is C14H15NO3. The van der Waals surface area contributed by atoms with Gasteiger partial charge >= 0.3 is 0 Å². The van der Waals surface area contributed by atoms with Gasteiger partial charge in [-0.25, -0.2) is 0 Å². The first-order valence-electron chi connectivity index (χ1n) is 6.01. The number of benzene rings is 1. The predicted molar refractivity (Wildman–Crippen MR) is 65.0 cm³/mol. The molecule has 94 valence electrons. The fraction of sp³-hybridized carbons (Fsp3) is 0.429. The fourth-order valence-electron chi connectivity index (χ4n) is 2.33. The quantitative estimate of drug-likeness (QED) is 0.762. The SMILES string of the molecule is CCOc1ccccc1C1(C#N)OCCC1C=O. The number of carbonyl (C=O) groups excluding carboxylic acids is 1. The zero-order valence-electron chi connectivity index (χ0n) is 10.3. The monoisotopic (exact) mass is 245 g/mol. The molecule has 2 rings (SSSR count).